The van der Waals surface area contributed by atoms with Gasteiger partial charge in [-0.25, -0.2) is 8.78 Å². The highest BCUT2D eigenvalue weighted by Crippen LogP contribution is 2.33. The first-order valence-electron chi connectivity index (χ1n) is 4.41. The van der Waals surface area contributed by atoms with E-state index in [2.05, 4.69) is 4.98 Å². The van der Waals surface area contributed by atoms with Crippen LogP contribution in [0.1, 0.15) is 23.2 Å². The van der Waals surface area contributed by atoms with E-state index in [1.807, 2.05) is 6.07 Å². The maximum atomic E-state index is 12.6. The van der Waals surface area contributed by atoms with Gasteiger partial charge in [-0.2, -0.15) is 5.26 Å². The van der Waals surface area contributed by atoms with E-state index in [4.69, 9.17) is 21.6 Å². The number of hydrogen-bond acceptors (Lipinski definition) is 3. The lowest BCUT2D eigenvalue weighted by Crippen LogP contribution is -2.03. The number of nitrogens with zero attached hydrogens (tertiary/aromatic N) is 2. The Hall–Kier alpha value is -1.41. The molecule has 1 heterocycles. The normalized spacial score (nSPS) is 10.2. The van der Waals surface area contributed by atoms with Crippen molar-refractivity contribution in [1.82, 2.24) is 4.98 Å². The first kappa shape index (κ1) is 12.7. The molecule has 0 amide bonds. The quantitative estimate of drug-likeness (QED) is 0.768. The van der Waals surface area contributed by atoms with E-state index >= 15 is 0 Å². The highest BCUT2D eigenvalue weighted by molar-refractivity contribution is 6.17. The fourth-order valence-corrected chi connectivity index (χ4v) is 1.64. The Labute approximate surface area is 96.6 Å². The van der Waals surface area contributed by atoms with Gasteiger partial charge in [-0.15, -0.1) is 11.6 Å². The molecule has 0 radical (unpaired) electrons. The average Bonchev–Trinajstić information content (AvgIpc) is 2.28. The van der Waals surface area contributed by atoms with E-state index in [9.17, 15) is 8.78 Å². The summed E-state index contributed by atoms with van der Waals surface area (Å²) in [4.78, 5) is 3.59. The lowest BCUT2D eigenvalue weighted by Gasteiger charge is -2.13. The van der Waals surface area contributed by atoms with Crippen LogP contribution in [0.2, 0.25) is 0 Å². The largest absolute Gasteiger partial charge is 0.494 e. The van der Waals surface area contributed by atoms with Gasteiger partial charge in [0.05, 0.1) is 25.5 Å². The Morgan fingerprint density at radius 2 is 2.31 bits per heavy atom. The van der Waals surface area contributed by atoms with Crippen LogP contribution in [0.4, 0.5) is 8.78 Å². The topological polar surface area (TPSA) is 45.9 Å². The van der Waals surface area contributed by atoms with E-state index in [0.29, 0.717) is 11.1 Å². The van der Waals surface area contributed by atoms with Crippen LogP contribution in [0.3, 0.4) is 0 Å². The molecule has 0 spiro atoms. The molecule has 0 aromatic carbocycles. The van der Waals surface area contributed by atoms with Gasteiger partial charge in [-0.3, -0.25) is 4.98 Å². The van der Waals surface area contributed by atoms with Crippen molar-refractivity contribution < 1.29 is 13.5 Å². The molecule has 6 heteroatoms. The molecule has 0 fully saturated rings. The Kier molecular flexibility index (Phi) is 4.44. The maximum Gasteiger partial charge on any atom is 0.284 e. The van der Waals surface area contributed by atoms with Crippen LogP contribution >= 0.6 is 11.6 Å². The highest BCUT2D eigenvalue weighted by atomic mass is 35.5. The molecule has 0 bridgehead atoms. The van der Waals surface area contributed by atoms with Gasteiger partial charge in [-0.05, 0) is 5.56 Å². The summed E-state index contributed by atoms with van der Waals surface area (Å²) in [7, 11) is 1.27. The fraction of sp³-hybridized carbons (Fsp3) is 0.400. The predicted molar refractivity (Wildman–Crippen MR) is 54.6 cm³/mol. The van der Waals surface area contributed by atoms with Crippen molar-refractivity contribution in [3.05, 3.63) is 23.0 Å². The second-order valence-electron chi connectivity index (χ2n) is 2.95. The minimum absolute atomic E-state index is 0.00241. The van der Waals surface area contributed by atoms with Crippen LogP contribution in [-0.2, 0) is 12.3 Å². The van der Waals surface area contributed by atoms with E-state index in [1.165, 1.54) is 13.3 Å². The summed E-state index contributed by atoms with van der Waals surface area (Å²) in [6.07, 6.45) is -1.42. The number of pyridine rings is 1. The zero-order valence-electron chi connectivity index (χ0n) is 8.51. The Balaban J connectivity index is 3.35. The van der Waals surface area contributed by atoms with E-state index in [0.717, 1.165) is 0 Å². The molecule has 0 aliphatic rings. The van der Waals surface area contributed by atoms with Crippen molar-refractivity contribution in [3.8, 4) is 11.8 Å². The van der Waals surface area contributed by atoms with Crippen LogP contribution in [0.25, 0.3) is 0 Å². The molecule has 1 aromatic rings. The number of hydrogen-bond donors (Lipinski definition) is 0. The molecule has 1 rings (SSSR count). The number of nitriles is 1. The number of ether oxygens (including phenoxy) is 1. The van der Waals surface area contributed by atoms with Crippen LogP contribution < -0.4 is 4.74 Å². The molecular formula is C10H9ClF2N2O. The van der Waals surface area contributed by atoms with Crippen molar-refractivity contribution in [3.63, 3.8) is 0 Å². The monoisotopic (exact) mass is 246 g/mol. The third-order valence-corrected chi connectivity index (χ3v) is 2.34. The van der Waals surface area contributed by atoms with Crippen LogP contribution in [-0.4, -0.2) is 12.1 Å². The fourth-order valence-electron chi connectivity index (χ4n) is 1.35. The lowest BCUT2D eigenvalue weighted by atomic mass is 10.1. The summed E-state index contributed by atoms with van der Waals surface area (Å²) in [5.41, 5.74) is 0.467. The van der Waals surface area contributed by atoms with Gasteiger partial charge < -0.3 is 4.74 Å². The van der Waals surface area contributed by atoms with Crippen molar-refractivity contribution >= 4 is 11.6 Å². The number of halogens is 3. The van der Waals surface area contributed by atoms with Crippen molar-refractivity contribution in [2.24, 2.45) is 0 Å². The Morgan fingerprint density at radius 1 is 1.62 bits per heavy atom. The summed E-state index contributed by atoms with van der Waals surface area (Å²) >= 11 is 5.67. The van der Waals surface area contributed by atoms with Crippen LogP contribution in [0.5, 0.6) is 5.75 Å². The molecule has 0 N–H and O–H groups in total. The van der Waals surface area contributed by atoms with E-state index < -0.39 is 12.1 Å². The number of methoxy groups -OCH3 is 1. The minimum atomic E-state index is -2.73. The van der Waals surface area contributed by atoms with Crippen LogP contribution in [0, 0.1) is 11.3 Å². The van der Waals surface area contributed by atoms with Gasteiger partial charge in [0, 0.05) is 11.8 Å². The molecule has 0 saturated carbocycles. The van der Waals surface area contributed by atoms with Gasteiger partial charge in [0.15, 0.2) is 5.75 Å². The summed E-state index contributed by atoms with van der Waals surface area (Å²) in [6, 6.07) is 1.92. The molecule has 0 aliphatic carbocycles. The average molecular weight is 247 g/mol. The smallest absolute Gasteiger partial charge is 0.284 e. The Morgan fingerprint density at radius 3 is 2.75 bits per heavy atom. The molecule has 16 heavy (non-hydrogen) atoms. The first-order valence-corrected chi connectivity index (χ1v) is 4.94. The summed E-state index contributed by atoms with van der Waals surface area (Å²) in [5.74, 6) is -0.0275. The maximum absolute atomic E-state index is 12.6. The molecule has 0 saturated heterocycles. The second kappa shape index (κ2) is 5.61. The van der Waals surface area contributed by atoms with Crippen molar-refractivity contribution in [2.45, 2.75) is 18.7 Å². The van der Waals surface area contributed by atoms with Gasteiger partial charge in [0.25, 0.3) is 6.43 Å². The van der Waals surface area contributed by atoms with Crippen molar-refractivity contribution in [1.29, 1.82) is 5.26 Å². The van der Waals surface area contributed by atoms with Gasteiger partial charge in [0.2, 0.25) is 0 Å². The predicted octanol–water partition coefficient (Wildman–Crippen LogP) is 2.83. The standard InChI is InChI=1S/C10H9ClF2N2O/c1-16-9-7(4-11)6(2-3-14)5-15-8(9)10(12)13/h5,10H,2,4H2,1H3. The van der Waals surface area contributed by atoms with Gasteiger partial charge in [-0.1, -0.05) is 0 Å². The number of rotatable bonds is 4. The zero-order chi connectivity index (χ0) is 12.1. The second-order valence-corrected chi connectivity index (χ2v) is 3.22. The Bertz CT molecular complexity index is 418. The molecule has 3 nitrogen and oxygen atoms in total. The molecule has 0 aliphatic heterocycles. The van der Waals surface area contributed by atoms with Gasteiger partial charge >= 0.3 is 0 Å². The highest BCUT2D eigenvalue weighted by Gasteiger charge is 2.21. The molecule has 1 aromatic heterocycles. The molecule has 0 atom stereocenters. The molecule has 86 valence electrons. The number of alkyl halides is 3. The van der Waals surface area contributed by atoms with E-state index in [1.54, 1.807) is 0 Å². The number of aromatic nitrogens is 1. The third-order valence-electron chi connectivity index (χ3n) is 2.07. The van der Waals surface area contributed by atoms with Crippen LogP contribution in [0.15, 0.2) is 6.20 Å². The summed E-state index contributed by atoms with van der Waals surface area (Å²) in [6.45, 7) is 0. The summed E-state index contributed by atoms with van der Waals surface area (Å²) in [5, 5.41) is 8.57. The molecule has 0 unspecified atom stereocenters. The SMILES string of the molecule is COc1c(C(F)F)ncc(CC#N)c1CCl. The van der Waals surface area contributed by atoms with Crippen molar-refractivity contribution in [2.75, 3.05) is 7.11 Å². The third kappa shape index (κ3) is 2.39. The lowest BCUT2D eigenvalue weighted by molar-refractivity contribution is 0.141. The zero-order valence-corrected chi connectivity index (χ0v) is 9.26. The summed E-state index contributed by atoms with van der Waals surface area (Å²) < 4.78 is 30.1. The van der Waals surface area contributed by atoms with Gasteiger partial charge in [0.1, 0.15) is 5.69 Å². The minimum Gasteiger partial charge on any atom is -0.494 e. The van der Waals surface area contributed by atoms with E-state index in [-0.39, 0.29) is 18.1 Å². The first-order chi connectivity index (χ1) is 7.65. The molecular weight excluding hydrogens is 238 g/mol.